The first kappa shape index (κ1) is 15.7. The van der Waals surface area contributed by atoms with E-state index in [1.807, 2.05) is 18.2 Å². The maximum atomic E-state index is 4.60. The molecule has 3 rings (SSSR count). The molecule has 3 heterocycles. The van der Waals surface area contributed by atoms with Gasteiger partial charge < -0.3 is 5.32 Å². The van der Waals surface area contributed by atoms with Gasteiger partial charge in [0.15, 0.2) is 0 Å². The topological polar surface area (TPSA) is 50.7 Å². The van der Waals surface area contributed by atoms with Crippen LogP contribution >= 0.6 is 23.7 Å². The molecular weight excluding hydrogens is 304 g/mol. The Balaban J connectivity index is 0.00000161. The van der Waals surface area contributed by atoms with E-state index in [1.165, 1.54) is 4.88 Å². The number of thiophene rings is 1. The lowest BCUT2D eigenvalue weighted by molar-refractivity contribution is 0.950. The van der Waals surface area contributed by atoms with E-state index < -0.39 is 0 Å². The van der Waals surface area contributed by atoms with Crippen molar-refractivity contribution in [1.29, 1.82) is 0 Å². The molecule has 0 radical (unpaired) electrons. The van der Waals surface area contributed by atoms with Crippen LogP contribution in [-0.2, 0) is 13.0 Å². The zero-order valence-electron chi connectivity index (χ0n) is 12.0. The van der Waals surface area contributed by atoms with Crippen LogP contribution in [0.2, 0.25) is 0 Å². The number of nitrogens with one attached hydrogen (secondary N) is 1. The molecule has 0 atom stereocenters. The van der Waals surface area contributed by atoms with Gasteiger partial charge in [0.05, 0.1) is 17.6 Å². The first-order valence-corrected chi connectivity index (χ1v) is 7.48. The molecule has 0 bridgehead atoms. The van der Waals surface area contributed by atoms with E-state index in [0.717, 1.165) is 34.0 Å². The molecule has 0 aliphatic rings. The number of aryl methyl sites for hydroxylation is 2. The van der Waals surface area contributed by atoms with Gasteiger partial charge >= 0.3 is 0 Å². The van der Waals surface area contributed by atoms with Crippen molar-refractivity contribution in [2.45, 2.75) is 26.8 Å². The van der Waals surface area contributed by atoms with Crippen LogP contribution in [0.3, 0.4) is 0 Å². The van der Waals surface area contributed by atoms with Crippen molar-refractivity contribution in [1.82, 2.24) is 15.0 Å². The molecule has 1 N–H and O–H groups in total. The Hall–Kier alpha value is -1.72. The predicted molar refractivity (Wildman–Crippen MR) is 90.3 cm³/mol. The largest absolute Gasteiger partial charge is 0.364 e. The fourth-order valence-electron chi connectivity index (χ4n) is 2.06. The van der Waals surface area contributed by atoms with Gasteiger partial charge in [0.25, 0.3) is 0 Å². The molecule has 21 heavy (non-hydrogen) atoms. The molecule has 110 valence electrons. The molecule has 0 aliphatic carbocycles. The number of rotatable bonds is 4. The number of halogens is 1. The molecule has 0 aliphatic heterocycles. The first-order chi connectivity index (χ1) is 9.76. The van der Waals surface area contributed by atoms with Gasteiger partial charge in [-0.2, -0.15) is 0 Å². The van der Waals surface area contributed by atoms with Crippen molar-refractivity contribution >= 4 is 39.8 Å². The fraction of sp³-hybridized carbons (Fsp3) is 0.267. The lowest BCUT2D eigenvalue weighted by Crippen LogP contribution is -2.05. The predicted octanol–water partition coefficient (Wildman–Crippen LogP) is 3.99. The quantitative estimate of drug-likeness (QED) is 0.789. The Morgan fingerprint density at radius 3 is 2.81 bits per heavy atom. The van der Waals surface area contributed by atoms with Gasteiger partial charge in [0.1, 0.15) is 16.5 Å². The molecule has 6 heteroatoms. The highest BCUT2D eigenvalue weighted by molar-refractivity contribution is 7.18. The van der Waals surface area contributed by atoms with Crippen LogP contribution < -0.4 is 5.32 Å². The maximum absolute atomic E-state index is 4.60. The first-order valence-electron chi connectivity index (χ1n) is 6.67. The summed E-state index contributed by atoms with van der Waals surface area (Å²) in [7, 11) is 0. The standard InChI is InChI=1S/C15H16N4S.ClH/c1-3-13-18-14(12-8-10(2)20-15(12)19-13)17-9-11-6-4-5-7-16-11;/h4-8H,3,9H2,1-2H3,(H,17,18,19);1H. The van der Waals surface area contributed by atoms with Gasteiger partial charge in [-0.15, -0.1) is 23.7 Å². The average Bonchev–Trinajstić information content (AvgIpc) is 2.86. The monoisotopic (exact) mass is 320 g/mol. The van der Waals surface area contributed by atoms with E-state index in [0.29, 0.717) is 6.54 Å². The van der Waals surface area contributed by atoms with Crippen LogP contribution in [0, 0.1) is 6.92 Å². The third-order valence-corrected chi connectivity index (χ3v) is 3.99. The summed E-state index contributed by atoms with van der Waals surface area (Å²) < 4.78 is 0. The molecule has 0 unspecified atom stereocenters. The van der Waals surface area contributed by atoms with Crippen LogP contribution in [0.5, 0.6) is 0 Å². The van der Waals surface area contributed by atoms with Crippen LogP contribution in [0.1, 0.15) is 23.3 Å². The van der Waals surface area contributed by atoms with Crippen LogP contribution in [0.15, 0.2) is 30.5 Å². The third-order valence-electron chi connectivity index (χ3n) is 3.04. The minimum absolute atomic E-state index is 0. The van der Waals surface area contributed by atoms with E-state index in [4.69, 9.17) is 0 Å². The summed E-state index contributed by atoms with van der Waals surface area (Å²) in [5.41, 5.74) is 1.00. The number of anilines is 1. The second-order valence-electron chi connectivity index (χ2n) is 4.59. The highest BCUT2D eigenvalue weighted by atomic mass is 35.5. The smallest absolute Gasteiger partial charge is 0.138 e. The van der Waals surface area contributed by atoms with Gasteiger partial charge in [-0.05, 0) is 25.1 Å². The minimum Gasteiger partial charge on any atom is -0.364 e. The number of pyridine rings is 1. The highest BCUT2D eigenvalue weighted by Gasteiger charge is 2.09. The molecular formula is C15H17ClN4S. The second kappa shape index (κ2) is 6.83. The molecule has 0 amide bonds. The zero-order chi connectivity index (χ0) is 13.9. The number of nitrogens with zero attached hydrogens (tertiary/aromatic N) is 3. The summed E-state index contributed by atoms with van der Waals surface area (Å²) in [6.07, 6.45) is 2.64. The van der Waals surface area contributed by atoms with Gasteiger partial charge in [-0.25, -0.2) is 9.97 Å². The summed E-state index contributed by atoms with van der Waals surface area (Å²) in [5.74, 6) is 1.78. The molecule has 4 nitrogen and oxygen atoms in total. The summed E-state index contributed by atoms with van der Waals surface area (Å²) in [6.45, 7) is 4.84. The minimum atomic E-state index is 0. The van der Waals surface area contributed by atoms with E-state index in [2.05, 4.69) is 40.2 Å². The Morgan fingerprint density at radius 2 is 2.10 bits per heavy atom. The molecule has 0 fully saturated rings. The van der Waals surface area contributed by atoms with Gasteiger partial charge in [0, 0.05) is 17.5 Å². The van der Waals surface area contributed by atoms with Crippen molar-refractivity contribution < 1.29 is 0 Å². The number of aromatic nitrogens is 3. The lowest BCUT2D eigenvalue weighted by atomic mass is 10.3. The van der Waals surface area contributed by atoms with Crippen LogP contribution in [-0.4, -0.2) is 15.0 Å². The Labute approximate surface area is 134 Å². The molecule has 0 spiro atoms. The SMILES string of the molecule is CCc1nc(NCc2ccccn2)c2cc(C)sc2n1.Cl. The van der Waals surface area contributed by atoms with Crippen molar-refractivity contribution in [2.75, 3.05) is 5.32 Å². The zero-order valence-corrected chi connectivity index (χ0v) is 13.6. The van der Waals surface area contributed by atoms with Crippen molar-refractivity contribution in [3.8, 4) is 0 Å². The van der Waals surface area contributed by atoms with E-state index in [1.54, 1.807) is 17.5 Å². The van der Waals surface area contributed by atoms with E-state index in [-0.39, 0.29) is 12.4 Å². The maximum Gasteiger partial charge on any atom is 0.138 e. The third kappa shape index (κ3) is 3.49. The van der Waals surface area contributed by atoms with E-state index in [9.17, 15) is 0 Å². The summed E-state index contributed by atoms with van der Waals surface area (Å²) in [6, 6.07) is 8.06. The molecule has 0 saturated heterocycles. The summed E-state index contributed by atoms with van der Waals surface area (Å²) in [4.78, 5) is 15.8. The summed E-state index contributed by atoms with van der Waals surface area (Å²) >= 11 is 1.71. The molecule has 3 aromatic heterocycles. The molecule has 3 aromatic rings. The second-order valence-corrected chi connectivity index (χ2v) is 5.83. The fourth-order valence-corrected chi connectivity index (χ4v) is 2.95. The summed E-state index contributed by atoms with van der Waals surface area (Å²) in [5, 5.41) is 4.48. The van der Waals surface area contributed by atoms with E-state index >= 15 is 0 Å². The normalized spacial score (nSPS) is 10.4. The van der Waals surface area contributed by atoms with Crippen molar-refractivity contribution in [3.05, 3.63) is 46.9 Å². The molecule has 0 saturated carbocycles. The van der Waals surface area contributed by atoms with Crippen molar-refractivity contribution in [3.63, 3.8) is 0 Å². The highest BCUT2D eigenvalue weighted by Crippen LogP contribution is 2.28. The van der Waals surface area contributed by atoms with Gasteiger partial charge in [-0.1, -0.05) is 13.0 Å². The lowest BCUT2D eigenvalue weighted by Gasteiger charge is -2.07. The Bertz CT molecular complexity index is 727. The van der Waals surface area contributed by atoms with Crippen molar-refractivity contribution in [2.24, 2.45) is 0 Å². The van der Waals surface area contributed by atoms with Crippen LogP contribution in [0.25, 0.3) is 10.2 Å². The number of hydrogen-bond acceptors (Lipinski definition) is 5. The van der Waals surface area contributed by atoms with Gasteiger partial charge in [-0.3, -0.25) is 4.98 Å². The molecule has 0 aromatic carbocycles. The van der Waals surface area contributed by atoms with Gasteiger partial charge in [0.2, 0.25) is 0 Å². The number of fused-ring (bicyclic) bond motifs is 1. The Morgan fingerprint density at radius 1 is 1.24 bits per heavy atom. The number of hydrogen-bond donors (Lipinski definition) is 1. The van der Waals surface area contributed by atoms with Crippen LogP contribution in [0.4, 0.5) is 5.82 Å². The Kier molecular flexibility index (Phi) is 5.09. The average molecular weight is 321 g/mol.